The van der Waals surface area contributed by atoms with Crippen LogP contribution in [-0.2, 0) is 0 Å². The average Bonchev–Trinajstić information content (AvgIpc) is 2.40. The molecule has 18 heavy (non-hydrogen) atoms. The van der Waals surface area contributed by atoms with E-state index in [-0.39, 0.29) is 5.75 Å². The Morgan fingerprint density at radius 2 is 1.89 bits per heavy atom. The number of aromatic hydroxyl groups is 1. The Bertz CT molecular complexity index is 627. The average molecular weight is 301 g/mol. The van der Waals surface area contributed by atoms with Crippen molar-refractivity contribution in [2.75, 3.05) is 0 Å². The number of phenolic OH excluding ortho intramolecular Hbond substituents is 1. The minimum Gasteiger partial charge on any atom is -0.507 e. The van der Waals surface area contributed by atoms with E-state index < -0.39 is 0 Å². The Hall–Kier alpha value is -2.12. The molecule has 88 valence electrons. The van der Waals surface area contributed by atoms with Crippen molar-refractivity contribution in [1.82, 2.24) is 0 Å². The lowest BCUT2D eigenvalue weighted by molar-refractivity contribution is 0.474. The Morgan fingerprint density at radius 3 is 2.56 bits per heavy atom. The third-order valence-electron chi connectivity index (χ3n) is 2.34. The van der Waals surface area contributed by atoms with Crippen LogP contribution in [0.15, 0.2) is 51.9 Å². The maximum Gasteiger partial charge on any atom is 0.124 e. The van der Waals surface area contributed by atoms with Crippen LogP contribution in [0.4, 0.5) is 5.69 Å². The van der Waals surface area contributed by atoms with E-state index >= 15 is 0 Å². The van der Waals surface area contributed by atoms with E-state index in [9.17, 15) is 5.11 Å². The lowest BCUT2D eigenvalue weighted by Gasteiger charge is -1.99. The molecule has 0 amide bonds. The first-order valence-corrected chi connectivity index (χ1v) is 6.01. The summed E-state index contributed by atoms with van der Waals surface area (Å²) >= 11 is 3.33. The molecule has 4 heteroatoms. The number of phenols is 1. The molecule has 0 saturated carbocycles. The van der Waals surface area contributed by atoms with Gasteiger partial charge >= 0.3 is 0 Å². The Balaban J connectivity index is 2.24. The van der Waals surface area contributed by atoms with Crippen molar-refractivity contribution in [3.8, 4) is 11.8 Å². The molecule has 0 saturated heterocycles. The van der Waals surface area contributed by atoms with Crippen LogP contribution in [0.5, 0.6) is 5.75 Å². The van der Waals surface area contributed by atoms with Crippen LogP contribution in [0.1, 0.15) is 11.1 Å². The zero-order chi connectivity index (χ0) is 13.0. The smallest absolute Gasteiger partial charge is 0.124 e. The summed E-state index contributed by atoms with van der Waals surface area (Å²) in [5, 5.41) is 18.3. The summed E-state index contributed by atoms with van der Waals surface area (Å²) in [6.07, 6.45) is 1.58. The number of benzene rings is 2. The zero-order valence-electron chi connectivity index (χ0n) is 9.34. The molecule has 0 bridgehead atoms. The van der Waals surface area contributed by atoms with E-state index in [1.54, 1.807) is 48.7 Å². The summed E-state index contributed by atoms with van der Waals surface area (Å²) in [5.74, 6) is 0.176. The Labute approximate surface area is 113 Å². The van der Waals surface area contributed by atoms with Gasteiger partial charge in [0.25, 0.3) is 0 Å². The highest BCUT2D eigenvalue weighted by Gasteiger charge is 1.98. The Kier molecular flexibility index (Phi) is 3.75. The Morgan fingerprint density at radius 1 is 1.17 bits per heavy atom. The minimum atomic E-state index is 0.176. The van der Waals surface area contributed by atoms with Gasteiger partial charge in [0.2, 0.25) is 0 Å². The molecule has 0 fully saturated rings. The maximum atomic E-state index is 9.64. The van der Waals surface area contributed by atoms with Gasteiger partial charge in [-0.2, -0.15) is 5.26 Å². The number of nitriles is 1. The van der Waals surface area contributed by atoms with Gasteiger partial charge in [0.15, 0.2) is 0 Å². The number of rotatable bonds is 2. The molecule has 0 spiro atoms. The number of aliphatic imine (C=N–C) groups is 1. The largest absolute Gasteiger partial charge is 0.507 e. The number of hydrogen-bond donors (Lipinski definition) is 1. The monoisotopic (exact) mass is 300 g/mol. The van der Waals surface area contributed by atoms with Gasteiger partial charge in [0.1, 0.15) is 5.75 Å². The van der Waals surface area contributed by atoms with Crippen LogP contribution in [0.2, 0.25) is 0 Å². The highest BCUT2D eigenvalue weighted by Crippen LogP contribution is 2.21. The molecule has 0 aromatic heterocycles. The third kappa shape index (κ3) is 2.96. The zero-order valence-corrected chi connectivity index (χ0v) is 10.9. The molecule has 2 aromatic rings. The van der Waals surface area contributed by atoms with Gasteiger partial charge in [-0.1, -0.05) is 15.9 Å². The second-order valence-corrected chi connectivity index (χ2v) is 4.54. The van der Waals surface area contributed by atoms with E-state index in [2.05, 4.69) is 20.9 Å². The molecule has 0 aliphatic rings. The fourth-order valence-electron chi connectivity index (χ4n) is 1.39. The van der Waals surface area contributed by atoms with Gasteiger partial charge < -0.3 is 5.11 Å². The number of halogens is 1. The lowest BCUT2D eigenvalue weighted by Crippen LogP contribution is -1.82. The molecule has 2 aromatic carbocycles. The van der Waals surface area contributed by atoms with Crippen molar-refractivity contribution in [3.05, 3.63) is 58.1 Å². The summed E-state index contributed by atoms with van der Waals surface area (Å²) in [6.45, 7) is 0. The summed E-state index contributed by atoms with van der Waals surface area (Å²) in [5.41, 5.74) is 1.96. The summed E-state index contributed by atoms with van der Waals surface area (Å²) in [4.78, 5) is 4.24. The van der Waals surface area contributed by atoms with Crippen LogP contribution in [0, 0.1) is 11.3 Å². The van der Waals surface area contributed by atoms with E-state index in [1.165, 1.54) is 0 Å². The fourth-order valence-corrected chi connectivity index (χ4v) is 1.77. The fraction of sp³-hybridized carbons (Fsp3) is 0. The quantitative estimate of drug-likeness (QED) is 0.858. The van der Waals surface area contributed by atoms with E-state index in [1.807, 2.05) is 6.07 Å². The maximum absolute atomic E-state index is 9.64. The molecule has 1 N–H and O–H groups in total. The van der Waals surface area contributed by atoms with Crippen molar-refractivity contribution in [2.45, 2.75) is 0 Å². The molecular weight excluding hydrogens is 292 g/mol. The van der Waals surface area contributed by atoms with Crippen molar-refractivity contribution >= 4 is 27.8 Å². The molecule has 0 atom stereocenters. The molecule has 0 aliphatic heterocycles. The molecule has 0 radical (unpaired) electrons. The highest BCUT2D eigenvalue weighted by molar-refractivity contribution is 9.10. The second-order valence-electron chi connectivity index (χ2n) is 3.62. The predicted molar refractivity (Wildman–Crippen MR) is 74.2 cm³/mol. The van der Waals surface area contributed by atoms with Crippen LogP contribution < -0.4 is 0 Å². The normalized spacial score (nSPS) is 10.4. The van der Waals surface area contributed by atoms with E-state index in [4.69, 9.17) is 5.26 Å². The topological polar surface area (TPSA) is 56.4 Å². The predicted octanol–water partition coefficient (Wildman–Crippen LogP) is 3.78. The van der Waals surface area contributed by atoms with Crippen LogP contribution in [0.3, 0.4) is 0 Å². The summed E-state index contributed by atoms with van der Waals surface area (Å²) in [6, 6.07) is 14.1. The van der Waals surface area contributed by atoms with Crippen molar-refractivity contribution in [3.63, 3.8) is 0 Å². The van der Waals surface area contributed by atoms with Gasteiger partial charge in [0, 0.05) is 16.3 Å². The molecular formula is C14H9BrN2O. The first-order chi connectivity index (χ1) is 8.69. The molecule has 0 heterocycles. The SMILES string of the molecule is N#Cc1ccc(N=Cc2cc(Br)ccc2O)cc1. The van der Waals surface area contributed by atoms with Crippen LogP contribution in [0.25, 0.3) is 0 Å². The molecule has 0 aliphatic carbocycles. The first kappa shape index (κ1) is 12.3. The third-order valence-corrected chi connectivity index (χ3v) is 2.83. The number of nitrogens with zero attached hydrogens (tertiary/aromatic N) is 2. The van der Waals surface area contributed by atoms with Crippen LogP contribution in [-0.4, -0.2) is 11.3 Å². The van der Waals surface area contributed by atoms with Gasteiger partial charge in [-0.05, 0) is 42.5 Å². The first-order valence-electron chi connectivity index (χ1n) is 5.22. The van der Waals surface area contributed by atoms with E-state index in [0.717, 1.165) is 10.2 Å². The van der Waals surface area contributed by atoms with Crippen LogP contribution >= 0.6 is 15.9 Å². The van der Waals surface area contributed by atoms with Gasteiger partial charge in [0.05, 0.1) is 17.3 Å². The summed E-state index contributed by atoms with van der Waals surface area (Å²) < 4.78 is 0.876. The standard InChI is InChI=1S/C14H9BrN2O/c15-12-3-6-14(18)11(7-12)9-17-13-4-1-10(8-16)2-5-13/h1-7,9,18H. The number of hydrogen-bond acceptors (Lipinski definition) is 3. The lowest BCUT2D eigenvalue weighted by atomic mass is 10.2. The summed E-state index contributed by atoms with van der Waals surface area (Å²) in [7, 11) is 0. The molecule has 2 rings (SSSR count). The van der Waals surface area contributed by atoms with Gasteiger partial charge in [-0.25, -0.2) is 0 Å². The molecule has 3 nitrogen and oxygen atoms in total. The van der Waals surface area contributed by atoms with Gasteiger partial charge in [-0.3, -0.25) is 4.99 Å². The van der Waals surface area contributed by atoms with Crippen molar-refractivity contribution in [2.24, 2.45) is 4.99 Å². The van der Waals surface area contributed by atoms with Crippen molar-refractivity contribution < 1.29 is 5.11 Å². The minimum absolute atomic E-state index is 0.176. The van der Waals surface area contributed by atoms with E-state index in [0.29, 0.717) is 11.1 Å². The van der Waals surface area contributed by atoms with Gasteiger partial charge in [-0.15, -0.1) is 0 Å². The second kappa shape index (κ2) is 5.48. The molecule has 0 unspecified atom stereocenters. The highest BCUT2D eigenvalue weighted by atomic mass is 79.9. The van der Waals surface area contributed by atoms with Crippen molar-refractivity contribution in [1.29, 1.82) is 5.26 Å².